The van der Waals surface area contributed by atoms with E-state index in [-0.39, 0.29) is 39.6 Å². The van der Waals surface area contributed by atoms with Crippen LogP contribution in [0.3, 0.4) is 0 Å². The molecule has 0 fully saturated rings. The van der Waals surface area contributed by atoms with Crippen molar-refractivity contribution in [2.45, 2.75) is 126 Å². The highest BCUT2D eigenvalue weighted by molar-refractivity contribution is 6.48. The van der Waals surface area contributed by atoms with Crippen molar-refractivity contribution in [1.29, 1.82) is 0 Å². The summed E-state index contributed by atoms with van der Waals surface area (Å²) in [5.74, 6) is 0.963. The number of fused-ring (bicyclic) bond motifs is 1. The summed E-state index contributed by atoms with van der Waals surface area (Å²) in [4.78, 5) is 53.2. The van der Waals surface area contributed by atoms with Gasteiger partial charge in [0.1, 0.15) is 0 Å². The highest BCUT2D eigenvalue weighted by Crippen LogP contribution is 2.29. The van der Waals surface area contributed by atoms with Gasteiger partial charge in [0.2, 0.25) is 0 Å². The number of unbranched alkanes of at least 4 members (excludes halogenated alkanes) is 1. The van der Waals surface area contributed by atoms with Crippen LogP contribution in [0.5, 0.6) is 0 Å². The minimum Gasteiger partial charge on any atom is -0.375 e. The average molecular weight is 765 g/mol. The van der Waals surface area contributed by atoms with Crippen molar-refractivity contribution in [3.63, 3.8) is 0 Å². The van der Waals surface area contributed by atoms with E-state index in [0.717, 1.165) is 68.3 Å². The van der Waals surface area contributed by atoms with Gasteiger partial charge in [-0.25, -0.2) is 9.98 Å². The number of nitrogens with one attached hydrogen (secondary N) is 1. The van der Waals surface area contributed by atoms with E-state index in [4.69, 9.17) is 9.98 Å². The molecule has 0 radical (unpaired) electrons. The number of anilines is 2. The molecule has 1 aromatic heterocycles. The van der Waals surface area contributed by atoms with Crippen LogP contribution in [-0.2, 0) is 11.3 Å². The Morgan fingerprint density at radius 3 is 2.20 bits per heavy atom. The number of para-hydroxylation sites is 1. The van der Waals surface area contributed by atoms with E-state index in [9.17, 15) is 19.7 Å². The van der Waals surface area contributed by atoms with Crippen LogP contribution < -0.4 is 15.8 Å². The van der Waals surface area contributed by atoms with Crippen LogP contribution in [0.15, 0.2) is 64.4 Å². The van der Waals surface area contributed by atoms with Crippen molar-refractivity contribution < 1.29 is 9.72 Å². The minimum absolute atomic E-state index is 0.0262. The number of amides is 1. The molecule has 1 N–H and O–H groups in total. The fraction of sp³-hybridized carbons (Fsp3) is 0.522. The Balaban J connectivity index is 1.95. The lowest BCUT2D eigenvalue weighted by Crippen LogP contribution is -2.35. The lowest BCUT2D eigenvalue weighted by Gasteiger charge is -2.23. The van der Waals surface area contributed by atoms with Crippen LogP contribution in [0.2, 0.25) is 0 Å². The summed E-state index contributed by atoms with van der Waals surface area (Å²) in [7, 11) is 2.02. The van der Waals surface area contributed by atoms with E-state index in [2.05, 4.69) is 44.8 Å². The van der Waals surface area contributed by atoms with Crippen LogP contribution in [0.1, 0.15) is 121 Å². The fourth-order valence-electron chi connectivity index (χ4n) is 7.62. The molecule has 1 amide bonds. The number of aromatic nitrogens is 2. The summed E-state index contributed by atoms with van der Waals surface area (Å²) >= 11 is 0. The van der Waals surface area contributed by atoms with Gasteiger partial charge in [0.25, 0.3) is 17.2 Å². The molecular weight excluding hydrogens is 701 g/mol. The number of carbonyl (C=O) groups is 1. The van der Waals surface area contributed by atoms with Crippen molar-refractivity contribution in [2.75, 3.05) is 23.8 Å². The predicted octanol–water partition coefficient (Wildman–Crippen LogP) is 11.3. The van der Waals surface area contributed by atoms with E-state index in [1.54, 1.807) is 17.6 Å². The van der Waals surface area contributed by atoms with Gasteiger partial charge < -0.3 is 10.2 Å². The Bertz CT molecular complexity index is 2050. The Morgan fingerprint density at radius 1 is 0.875 bits per heavy atom. The summed E-state index contributed by atoms with van der Waals surface area (Å²) in [6.45, 7) is 17.8. The molecule has 0 aliphatic carbocycles. The van der Waals surface area contributed by atoms with E-state index in [1.165, 1.54) is 25.3 Å². The average Bonchev–Trinajstić information content (AvgIpc) is 3.16. The molecule has 302 valence electrons. The van der Waals surface area contributed by atoms with E-state index < -0.39 is 10.8 Å². The van der Waals surface area contributed by atoms with Gasteiger partial charge in [-0.05, 0) is 99.7 Å². The molecule has 4 aromatic rings. The molecule has 56 heavy (non-hydrogen) atoms. The second-order valence-electron chi connectivity index (χ2n) is 16.0. The summed E-state index contributed by atoms with van der Waals surface area (Å²) in [6, 6.07) is 16.3. The first kappa shape index (κ1) is 43.9. The number of carbonyl (C=O) groups excluding carboxylic acids is 1. The van der Waals surface area contributed by atoms with Gasteiger partial charge in [-0.1, -0.05) is 97.3 Å². The summed E-state index contributed by atoms with van der Waals surface area (Å²) < 4.78 is 1.63. The third-order valence-corrected chi connectivity index (χ3v) is 11.2. The molecule has 10 heteroatoms. The smallest absolute Gasteiger partial charge is 0.278 e. The number of hydrogen-bond acceptors (Lipinski definition) is 7. The van der Waals surface area contributed by atoms with Crippen LogP contribution in [-0.4, -0.2) is 39.7 Å². The lowest BCUT2D eigenvalue weighted by molar-refractivity contribution is -0.385. The Kier molecular flexibility index (Phi) is 16.4. The lowest BCUT2D eigenvalue weighted by atomic mass is 9.89. The van der Waals surface area contributed by atoms with Gasteiger partial charge in [0, 0.05) is 43.1 Å². The number of nitro benzene ring substituents is 1. The number of benzene rings is 3. The number of aliphatic imine (C=N–C) groups is 1. The Labute approximate surface area is 334 Å². The molecule has 0 saturated carbocycles. The maximum absolute atomic E-state index is 14.8. The van der Waals surface area contributed by atoms with E-state index in [0.29, 0.717) is 35.3 Å². The zero-order chi connectivity index (χ0) is 40.9. The third-order valence-electron chi connectivity index (χ3n) is 11.2. The minimum atomic E-state index is -0.520. The first-order chi connectivity index (χ1) is 26.8. The van der Waals surface area contributed by atoms with Crippen LogP contribution in [0.4, 0.5) is 22.7 Å². The van der Waals surface area contributed by atoms with Crippen molar-refractivity contribution in [3.8, 4) is 0 Å². The monoisotopic (exact) mass is 764 g/mol. The molecule has 10 nitrogen and oxygen atoms in total. The first-order valence-electron chi connectivity index (χ1n) is 20.7. The molecule has 3 atom stereocenters. The largest absolute Gasteiger partial charge is 0.375 e. The van der Waals surface area contributed by atoms with Crippen LogP contribution >= 0.6 is 0 Å². The van der Waals surface area contributed by atoms with E-state index in [1.807, 2.05) is 63.4 Å². The number of nitro groups is 1. The number of rotatable bonds is 21. The number of aryl methyl sites for hydroxylation is 3. The second kappa shape index (κ2) is 20.9. The van der Waals surface area contributed by atoms with Gasteiger partial charge >= 0.3 is 0 Å². The van der Waals surface area contributed by atoms with Gasteiger partial charge in [-0.3, -0.25) is 24.3 Å². The van der Waals surface area contributed by atoms with E-state index >= 15 is 0 Å². The van der Waals surface area contributed by atoms with Crippen molar-refractivity contribution >= 4 is 45.3 Å². The zero-order valence-electron chi connectivity index (χ0n) is 35.3. The normalized spacial score (nSPS) is 13.4. The molecule has 0 saturated heterocycles. The Hall–Kier alpha value is -4.86. The second-order valence-corrected chi connectivity index (χ2v) is 16.0. The van der Waals surface area contributed by atoms with Crippen molar-refractivity contribution in [1.82, 2.24) is 9.55 Å². The fourth-order valence-corrected chi connectivity index (χ4v) is 7.62. The maximum Gasteiger partial charge on any atom is 0.278 e. The predicted molar refractivity (Wildman–Crippen MR) is 233 cm³/mol. The molecule has 1 heterocycles. The summed E-state index contributed by atoms with van der Waals surface area (Å²) in [6.07, 6.45) is 10.9. The third kappa shape index (κ3) is 11.6. The highest BCUT2D eigenvalue weighted by Gasteiger charge is 2.27. The standard InChI is InChI=1S/C46H64N6O4/c1-10-17-31(4)19-13-15-21-36(24-23-32(5)18-11-2)30-51-44(48-41-29-42(52(55)56)35(8)28-38(41)46(51)54)43(45(53)49-39-22-16-14-20-33(39)6)47-40-26-25-37(27-34(40)7)50(9)12-3/h14,16,20,22,25-29,31-32,36H,10-13,15,17-19,21,23-24,30H2,1-9H3,(H,49,53). The van der Waals surface area contributed by atoms with Crippen molar-refractivity contribution in [2.24, 2.45) is 22.7 Å². The zero-order valence-corrected chi connectivity index (χ0v) is 35.3. The summed E-state index contributed by atoms with van der Waals surface area (Å²) in [5, 5.41) is 15.4. The molecule has 0 aliphatic heterocycles. The summed E-state index contributed by atoms with van der Waals surface area (Å²) in [5.41, 5.74) is 3.96. The quantitative estimate of drug-likeness (QED) is 0.0390. The molecule has 0 aliphatic rings. The molecular formula is C46H64N6O4. The SMILES string of the molecule is CCCC(C)CCCCC(CCC(C)CCC)Cn1c(C(=Nc2ccc(N(C)CC)cc2C)C(=O)Nc2ccccc2C)nc2cc([N+](=O)[O-])c(C)cc2c1=O. The number of nitrogens with zero attached hydrogens (tertiary/aromatic N) is 5. The first-order valence-corrected chi connectivity index (χ1v) is 20.7. The van der Waals surface area contributed by atoms with Gasteiger partial charge in [-0.15, -0.1) is 0 Å². The van der Waals surface area contributed by atoms with Gasteiger partial charge in [0.05, 0.1) is 21.5 Å². The molecule has 3 aromatic carbocycles. The maximum atomic E-state index is 14.8. The van der Waals surface area contributed by atoms with Gasteiger partial charge in [-0.2, -0.15) is 0 Å². The number of hydrogen-bond donors (Lipinski definition) is 1. The van der Waals surface area contributed by atoms with Crippen LogP contribution in [0.25, 0.3) is 10.9 Å². The topological polar surface area (TPSA) is 123 Å². The van der Waals surface area contributed by atoms with Crippen molar-refractivity contribution in [3.05, 3.63) is 97.6 Å². The molecule has 0 spiro atoms. The highest BCUT2D eigenvalue weighted by atomic mass is 16.6. The van der Waals surface area contributed by atoms with Crippen LogP contribution in [0, 0.1) is 48.6 Å². The Morgan fingerprint density at radius 2 is 1.55 bits per heavy atom. The van der Waals surface area contributed by atoms with Gasteiger partial charge in [0.15, 0.2) is 11.5 Å². The molecule has 0 bridgehead atoms. The molecule has 3 unspecified atom stereocenters. The molecule has 4 rings (SSSR count).